The molecule has 1 atom stereocenters. The summed E-state index contributed by atoms with van der Waals surface area (Å²) < 4.78 is 19.5. The van der Waals surface area contributed by atoms with Crippen LogP contribution in [0.4, 0.5) is 4.39 Å². The van der Waals surface area contributed by atoms with E-state index in [0.29, 0.717) is 11.5 Å². The molecule has 0 bridgehead atoms. The summed E-state index contributed by atoms with van der Waals surface area (Å²) in [6.45, 7) is 6.10. The van der Waals surface area contributed by atoms with Gasteiger partial charge in [0.05, 0.1) is 5.92 Å². The molecule has 0 saturated heterocycles. The summed E-state index contributed by atoms with van der Waals surface area (Å²) in [6, 6.07) is 11.0. The fourth-order valence-electron chi connectivity index (χ4n) is 2.58. The van der Waals surface area contributed by atoms with Crippen molar-refractivity contribution in [2.24, 2.45) is 11.8 Å². The average molecular weight is 344 g/mol. The van der Waals surface area contributed by atoms with Gasteiger partial charge in [0, 0.05) is 0 Å². The number of ether oxygens (including phenoxy) is 1. The lowest BCUT2D eigenvalue weighted by Gasteiger charge is -2.13. The molecule has 2 aromatic carbocycles. The largest absolute Gasteiger partial charge is 0.508 e. The first-order valence-corrected chi connectivity index (χ1v) is 8.67. The lowest BCUT2D eigenvalue weighted by molar-refractivity contribution is -0.138. The second-order valence-corrected chi connectivity index (χ2v) is 6.84. The smallest absolute Gasteiger partial charge is 0.314 e. The maximum absolute atomic E-state index is 14.3. The number of phenols is 1. The number of aromatic hydroxyl groups is 1. The van der Waals surface area contributed by atoms with Gasteiger partial charge in [0.1, 0.15) is 5.75 Å². The summed E-state index contributed by atoms with van der Waals surface area (Å²) in [5.41, 5.74) is 1.43. The van der Waals surface area contributed by atoms with Crippen LogP contribution in [0.1, 0.15) is 40.0 Å². The molecule has 1 N–H and O–H groups in total. The quantitative estimate of drug-likeness (QED) is 0.528. The van der Waals surface area contributed by atoms with E-state index >= 15 is 0 Å². The predicted octanol–water partition coefficient (Wildman–Crippen LogP) is 5.57. The maximum atomic E-state index is 14.3. The van der Waals surface area contributed by atoms with Gasteiger partial charge in [0.15, 0.2) is 11.6 Å². The minimum absolute atomic E-state index is 0.0526. The zero-order valence-corrected chi connectivity index (χ0v) is 15.0. The highest BCUT2D eigenvalue weighted by Gasteiger charge is 2.17. The van der Waals surface area contributed by atoms with Crippen molar-refractivity contribution in [1.82, 2.24) is 0 Å². The maximum Gasteiger partial charge on any atom is 0.314 e. The van der Waals surface area contributed by atoms with Crippen LogP contribution < -0.4 is 4.74 Å². The Labute approximate surface area is 148 Å². The molecule has 2 aromatic rings. The number of hydrogen-bond donors (Lipinski definition) is 1. The van der Waals surface area contributed by atoms with Crippen LogP contribution in [-0.2, 0) is 4.79 Å². The molecule has 4 heteroatoms. The zero-order chi connectivity index (χ0) is 18.4. The highest BCUT2D eigenvalue weighted by molar-refractivity contribution is 5.75. The summed E-state index contributed by atoms with van der Waals surface area (Å²) in [7, 11) is 0. The van der Waals surface area contributed by atoms with Gasteiger partial charge in [0.2, 0.25) is 0 Å². The third-order valence-corrected chi connectivity index (χ3v) is 4.16. The molecule has 25 heavy (non-hydrogen) atoms. The molecule has 3 nitrogen and oxygen atoms in total. The summed E-state index contributed by atoms with van der Waals surface area (Å²) in [6.07, 6.45) is 2.76. The fraction of sp³-hybridized carbons (Fsp3) is 0.381. The van der Waals surface area contributed by atoms with Gasteiger partial charge in [-0.1, -0.05) is 51.8 Å². The van der Waals surface area contributed by atoms with E-state index in [-0.39, 0.29) is 17.4 Å². The van der Waals surface area contributed by atoms with Gasteiger partial charge in [-0.25, -0.2) is 4.39 Å². The Bertz CT molecular complexity index is 708. The van der Waals surface area contributed by atoms with Crippen molar-refractivity contribution in [2.75, 3.05) is 0 Å². The van der Waals surface area contributed by atoms with E-state index in [0.717, 1.165) is 24.8 Å². The monoisotopic (exact) mass is 344 g/mol. The minimum atomic E-state index is -0.576. The van der Waals surface area contributed by atoms with Crippen molar-refractivity contribution >= 4 is 5.97 Å². The van der Waals surface area contributed by atoms with Gasteiger partial charge >= 0.3 is 5.97 Å². The van der Waals surface area contributed by atoms with Gasteiger partial charge in [0.25, 0.3) is 0 Å². The van der Waals surface area contributed by atoms with E-state index in [2.05, 4.69) is 13.8 Å². The number of benzene rings is 2. The summed E-state index contributed by atoms with van der Waals surface area (Å²) in [5.74, 6) is -0.527. The topological polar surface area (TPSA) is 46.5 Å². The van der Waals surface area contributed by atoms with Crippen LogP contribution in [-0.4, -0.2) is 11.1 Å². The Balaban J connectivity index is 2.00. The molecule has 2 rings (SSSR count). The van der Waals surface area contributed by atoms with Crippen molar-refractivity contribution in [3.63, 3.8) is 0 Å². The van der Waals surface area contributed by atoms with Gasteiger partial charge in [-0.2, -0.15) is 0 Å². The van der Waals surface area contributed by atoms with E-state index in [1.807, 2.05) is 6.92 Å². The average Bonchev–Trinajstić information content (AvgIpc) is 2.57. The first-order valence-electron chi connectivity index (χ1n) is 8.67. The first kappa shape index (κ1) is 19.0. The van der Waals surface area contributed by atoms with Gasteiger partial charge in [-0.05, 0) is 47.7 Å². The highest BCUT2D eigenvalue weighted by Crippen LogP contribution is 2.27. The number of phenolic OH excluding ortho intramolecular Hbond substituents is 1. The third-order valence-electron chi connectivity index (χ3n) is 4.16. The Morgan fingerprint density at radius 1 is 1.04 bits per heavy atom. The van der Waals surface area contributed by atoms with Crippen molar-refractivity contribution in [3.8, 4) is 22.6 Å². The predicted molar refractivity (Wildman–Crippen MR) is 97.0 cm³/mol. The molecule has 0 aliphatic rings. The Morgan fingerprint density at radius 2 is 1.68 bits per heavy atom. The number of carbonyl (C=O) groups is 1. The minimum Gasteiger partial charge on any atom is -0.508 e. The molecule has 0 aromatic heterocycles. The molecule has 1 unspecified atom stereocenters. The van der Waals surface area contributed by atoms with E-state index < -0.39 is 11.8 Å². The van der Waals surface area contributed by atoms with Crippen LogP contribution in [0.5, 0.6) is 11.5 Å². The first-order chi connectivity index (χ1) is 11.9. The lowest BCUT2D eigenvalue weighted by atomic mass is 10.00. The SMILES string of the molecule is CC(C)CCCC(C)C(=O)Oc1ccc(-c2ccc(O)cc2)cc1F. The number of halogens is 1. The van der Waals surface area contributed by atoms with Crippen LogP contribution in [0.15, 0.2) is 42.5 Å². The van der Waals surface area contributed by atoms with Gasteiger partial charge < -0.3 is 9.84 Å². The normalized spacial score (nSPS) is 12.2. The number of esters is 1. The Morgan fingerprint density at radius 3 is 2.28 bits per heavy atom. The summed E-state index contributed by atoms with van der Waals surface area (Å²) in [5, 5.41) is 9.31. The molecule has 134 valence electrons. The molecular weight excluding hydrogens is 319 g/mol. The van der Waals surface area contributed by atoms with Gasteiger partial charge in [-0.15, -0.1) is 0 Å². The second-order valence-electron chi connectivity index (χ2n) is 6.84. The van der Waals surface area contributed by atoms with Gasteiger partial charge in [-0.3, -0.25) is 4.79 Å². The van der Waals surface area contributed by atoms with Crippen molar-refractivity contribution in [1.29, 1.82) is 0 Å². The van der Waals surface area contributed by atoms with Crippen LogP contribution in [0, 0.1) is 17.7 Å². The molecule has 0 radical (unpaired) electrons. The number of carbonyl (C=O) groups excluding carboxylic acids is 1. The Kier molecular flexibility index (Phi) is 6.57. The molecule has 0 heterocycles. The molecule has 0 spiro atoms. The highest BCUT2D eigenvalue weighted by atomic mass is 19.1. The molecule has 0 fully saturated rings. The molecular formula is C21H25FO3. The van der Waals surface area contributed by atoms with Crippen molar-refractivity contribution < 1.29 is 19.0 Å². The van der Waals surface area contributed by atoms with Crippen molar-refractivity contribution in [3.05, 3.63) is 48.3 Å². The summed E-state index contributed by atoms with van der Waals surface area (Å²) in [4.78, 5) is 12.1. The van der Waals surface area contributed by atoms with E-state index in [1.165, 1.54) is 12.1 Å². The van der Waals surface area contributed by atoms with Crippen LogP contribution in [0.3, 0.4) is 0 Å². The van der Waals surface area contributed by atoms with Crippen molar-refractivity contribution in [2.45, 2.75) is 40.0 Å². The van der Waals surface area contributed by atoms with Crippen LogP contribution in [0.25, 0.3) is 11.1 Å². The van der Waals surface area contributed by atoms with Crippen LogP contribution >= 0.6 is 0 Å². The van der Waals surface area contributed by atoms with E-state index in [4.69, 9.17) is 4.74 Å². The molecule has 0 amide bonds. The second kappa shape index (κ2) is 8.65. The van der Waals surface area contributed by atoms with Crippen LogP contribution in [0.2, 0.25) is 0 Å². The molecule has 0 saturated carbocycles. The number of rotatable bonds is 7. The number of hydrogen-bond acceptors (Lipinski definition) is 3. The Hall–Kier alpha value is -2.36. The third kappa shape index (κ3) is 5.59. The molecule has 0 aliphatic carbocycles. The van der Waals surface area contributed by atoms with E-state index in [9.17, 15) is 14.3 Å². The lowest BCUT2D eigenvalue weighted by Crippen LogP contribution is -2.18. The molecule has 0 aliphatic heterocycles. The zero-order valence-electron chi connectivity index (χ0n) is 15.0. The standard InChI is InChI=1S/C21H25FO3/c1-14(2)5-4-6-15(3)21(24)25-20-12-9-17(13-19(20)22)16-7-10-18(23)11-8-16/h7-15,23H,4-6H2,1-3H3. The summed E-state index contributed by atoms with van der Waals surface area (Å²) >= 11 is 0. The fourth-order valence-corrected chi connectivity index (χ4v) is 2.58. The van der Waals surface area contributed by atoms with E-state index in [1.54, 1.807) is 30.3 Å².